The molecule has 2 aromatic carbocycles. The lowest BCUT2D eigenvalue weighted by Gasteiger charge is -2.23. The lowest BCUT2D eigenvalue weighted by molar-refractivity contribution is 0.136. The second-order valence-corrected chi connectivity index (χ2v) is 7.35. The Hall–Kier alpha value is -2.39. The number of aryl methyl sites for hydroxylation is 2. The van der Waals surface area contributed by atoms with E-state index in [0.717, 1.165) is 37.5 Å². The smallest absolute Gasteiger partial charge is 0.218 e. The van der Waals surface area contributed by atoms with Gasteiger partial charge in [-0.05, 0) is 43.0 Å². The van der Waals surface area contributed by atoms with Crippen molar-refractivity contribution in [2.75, 3.05) is 6.54 Å². The number of rotatable bonds is 3. The maximum Gasteiger partial charge on any atom is 0.218 e. The first-order chi connectivity index (χ1) is 12.6. The van der Waals surface area contributed by atoms with E-state index in [1.54, 1.807) is 0 Å². The van der Waals surface area contributed by atoms with Crippen LogP contribution in [0.25, 0.3) is 10.9 Å². The monoisotopic (exact) mass is 346 g/mol. The molecule has 1 atom stereocenters. The summed E-state index contributed by atoms with van der Waals surface area (Å²) >= 11 is 0. The zero-order valence-electron chi connectivity index (χ0n) is 15.8. The van der Waals surface area contributed by atoms with E-state index in [2.05, 4.69) is 74.2 Å². The van der Waals surface area contributed by atoms with Gasteiger partial charge in [-0.2, -0.15) is 0 Å². The molecular formula is C23H26N2O. The van der Waals surface area contributed by atoms with E-state index < -0.39 is 0 Å². The molecule has 1 aromatic heterocycles. The van der Waals surface area contributed by atoms with Crippen molar-refractivity contribution in [1.82, 2.24) is 9.88 Å². The minimum absolute atomic E-state index is 0.176. The summed E-state index contributed by atoms with van der Waals surface area (Å²) in [5.41, 5.74) is 6.07. The van der Waals surface area contributed by atoms with Crippen LogP contribution in [0.2, 0.25) is 0 Å². The SMILES string of the molecule is CC[C@H]1CN(Cc2ccccc2)Cc2cc3c(C)ccc(C)c3nc2O1. The number of benzene rings is 2. The Labute approximate surface area is 155 Å². The second kappa shape index (κ2) is 7.08. The number of fused-ring (bicyclic) bond motifs is 2. The Morgan fingerprint density at radius 2 is 1.85 bits per heavy atom. The van der Waals surface area contributed by atoms with Crippen molar-refractivity contribution in [2.24, 2.45) is 0 Å². The normalized spacial score (nSPS) is 17.6. The van der Waals surface area contributed by atoms with E-state index in [0.29, 0.717) is 0 Å². The molecule has 0 fully saturated rings. The fraction of sp³-hybridized carbons (Fsp3) is 0.348. The zero-order valence-corrected chi connectivity index (χ0v) is 15.8. The molecule has 26 heavy (non-hydrogen) atoms. The molecule has 0 unspecified atom stereocenters. The predicted octanol–water partition coefficient (Wildman–Crippen LogP) is 5.02. The maximum absolute atomic E-state index is 6.32. The summed E-state index contributed by atoms with van der Waals surface area (Å²) in [7, 11) is 0. The van der Waals surface area contributed by atoms with E-state index in [1.807, 2.05) is 0 Å². The Balaban J connectivity index is 1.74. The summed E-state index contributed by atoms with van der Waals surface area (Å²) in [6, 6.07) is 17.3. The second-order valence-electron chi connectivity index (χ2n) is 7.35. The summed E-state index contributed by atoms with van der Waals surface area (Å²) in [4.78, 5) is 7.41. The Bertz CT molecular complexity index is 920. The van der Waals surface area contributed by atoms with Crippen LogP contribution in [0.1, 0.15) is 35.6 Å². The zero-order chi connectivity index (χ0) is 18.1. The molecule has 0 saturated carbocycles. The van der Waals surface area contributed by atoms with Gasteiger partial charge in [-0.25, -0.2) is 4.98 Å². The Kier molecular flexibility index (Phi) is 4.64. The van der Waals surface area contributed by atoms with E-state index in [-0.39, 0.29) is 6.10 Å². The van der Waals surface area contributed by atoms with Crippen molar-refractivity contribution in [3.05, 3.63) is 70.8 Å². The Morgan fingerprint density at radius 1 is 1.08 bits per heavy atom. The van der Waals surface area contributed by atoms with Crippen molar-refractivity contribution in [2.45, 2.75) is 46.4 Å². The minimum Gasteiger partial charge on any atom is -0.473 e. The average molecular weight is 346 g/mol. The molecule has 0 amide bonds. The number of nitrogens with zero attached hydrogens (tertiary/aromatic N) is 2. The van der Waals surface area contributed by atoms with Gasteiger partial charge in [-0.1, -0.05) is 49.4 Å². The number of hydrogen-bond donors (Lipinski definition) is 0. The first-order valence-corrected chi connectivity index (χ1v) is 9.47. The molecule has 0 saturated heterocycles. The van der Waals surface area contributed by atoms with Crippen LogP contribution in [-0.4, -0.2) is 22.5 Å². The quantitative estimate of drug-likeness (QED) is 0.665. The van der Waals surface area contributed by atoms with Gasteiger partial charge >= 0.3 is 0 Å². The highest BCUT2D eigenvalue weighted by Crippen LogP contribution is 2.31. The molecule has 0 spiro atoms. The fourth-order valence-corrected chi connectivity index (χ4v) is 3.74. The molecule has 3 aromatic rings. The lowest BCUT2D eigenvalue weighted by Crippen LogP contribution is -2.32. The van der Waals surface area contributed by atoms with Gasteiger partial charge < -0.3 is 4.74 Å². The van der Waals surface area contributed by atoms with Crippen LogP contribution >= 0.6 is 0 Å². The van der Waals surface area contributed by atoms with Crippen LogP contribution in [0.3, 0.4) is 0 Å². The van der Waals surface area contributed by atoms with Gasteiger partial charge in [-0.3, -0.25) is 4.90 Å². The molecule has 134 valence electrons. The first-order valence-electron chi connectivity index (χ1n) is 9.47. The van der Waals surface area contributed by atoms with Gasteiger partial charge in [-0.15, -0.1) is 0 Å². The van der Waals surface area contributed by atoms with Crippen molar-refractivity contribution >= 4 is 10.9 Å². The van der Waals surface area contributed by atoms with Crippen LogP contribution in [0, 0.1) is 13.8 Å². The highest BCUT2D eigenvalue weighted by atomic mass is 16.5. The topological polar surface area (TPSA) is 25.4 Å². The highest BCUT2D eigenvalue weighted by molar-refractivity contribution is 5.86. The standard InChI is InChI=1S/C23H26N2O/c1-4-20-15-25(13-18-8-6-5-7-9-18)14-19-12-21-16(2)10-11-17(3)22(21)24-23(19)26-20/h5-12,20H,4,13-15H2,1-3H3/t20-/m0/s1. The summed E-state index contributed by atoms with van der Waals surface area (Å²) in [6.07, 6.45) is 1.16. The third-order valence-corrected chi connectivity index (χ3v) is 5.28. The molecule has 0 N–H and O–H groups in total. The van der Waals surface area contributed by atoms with Crippen LogP contribution in [0.5, 0.6) is 5.88 Å². The number of hydrogen-bond acceptors (Lipinski definition) is 3. The number of aromatic nitrogens is 1. The summed E-state index contributed by atoms with van der Waals surface area (Å²) in [5, 5.41) is 1.24. The summed E-state index contributed by atoms with van der Waals surface area (Å²) < 4.78 is 6.32. The van der Waals surface area contributed by atoms with Crippen LogP contribution < -0.4 is 4.74 Å². The summed E-state index contributed by atoms with van der Waals surface area (Å²) in [5.74, 6) is 0.814. The number of pyridine rings is 1. The van der Waals surface area contributed by atoms with E-state index in [1.165, 1.54) is 27.6 Å². The molecular weight excluding hydrogens is 320 g/mol. The van der Waals surface area contributed by atoms with Gasteiger partial charge in [0.1, 0.15) is 6.10 Å². The van der Waals surface area contributed by atoms with Gasteiger partial charge in [0.2, 0.25) is 5.88 Å². The van der Waals surface area contributed by atoms with Gasteiger partial charge in [0, 0.05) is 30.6 Å². The van der Waals surface area contributed by atoms with Gasteiger partial charge in [0.05, 0.1) is 5.52 Å². The molecule has 3 heteroatoms. The van der Waals surface area contributed by atoms with Crippen molar-refractivity contribution in [1.29, 1.82) is 0 Å². The van der Waals surface area contributed by atoms with Crippen molar-refractivity contribution in [3.63, 3.8) is 0 Å². The maximum atomic E-state index is 6.32. The highest BCUT2D eigenvalue weighted by Gasteiger charge is 2.24. The lowest BCUT2D eigenvalue weighted by atomic mass is 10.0. The molecule has 0 radical (unpaired) electrons. The molecule has 1 aliphatic rings. The largest absolute Gasteiger partial charge is 0.473 e. The van der Waals surface area contributed by atoms with Gasteiger partial charge in [0.15, 0.2) is 0 Å². The van der Waals surface area contributed by atoms with E-state index >= 15 is 0 Å². The van der Waals surface area contributed by atoms with E-state index in [4.69, 9.17) is 9.72 Å². The third kappa shape index (κ3) is 3.32. The molecule has 1 aliphatic heterocycles. The van der Waals surface area contributed by atoms with E-state index in [9.17, 15) is 0 Å². The molecule has 0 aliphatic carbocycles. The third-order valence-electron chi connectivity index (χ3n) is 5.28. The fourth-order valence-electron chi connectivity index (χ4n) is 3.74. The molecule has 4 rings (SSSR count). The predicted molar refractivity (Wildman–Crippen MR) is 106 cm³/mol. The van der Waals surface area contributed by atoms with Gasteiger partial charge in [0.25, 0.3) is 0 Å². The van der Waals surface area contributed by atoms with Crippen molar-refractivity contribution in [3.8, 4) is 5.88 Å². The minimum atomic E-state index is 0.176. The summed E-state index contributed by atoms with van der Waals surface area (Å²) in [6.45, 7) is 9.20. The molecule has 0 bridgehead atoms. The average Bonchev–Trinajstić information content (AvgIpc) is 2.82. The number of ether oxygens (including phenoxy) is 1. The molecule has 2 heterocycles. The van der Waals surface area contributed by atoms with Crippen LogP contribution in [-0.2, 0) is 13.1 Å². The van der Waals surface area contributed by atoms with Crippen LogP contribution in [0.4, 0.5) is 0 Å². The first kappa shape index (κ1) is 17.0. The molecule has 3 nitrogen and oxygen atoms in total. The Morgan fingerprint density at radius 3 is 2.62 bits per heavy atom. The van der Waals surface area contributed by atoms with Crippen LogP contribution in [0.15, 0.2) is 48.5 Å². The van der Waals surface area contributed by atoms with Crippen molar-refractivity contribution < 1.29 is 4.74 Å².